The minimum atomic E-state index is -0.0359. The van der Waals surface area contributed by atoms with Gasteiger partial charge in [0.05, 0.1) is 11.0 Å². The molecule has 0 fully saturated rings. The summed E-state index contributed by atoms with van der Waals surface area (Å²) in [4.78, 5) is 12.8. The van der Waals surface area contributed by atoms with Crippen LogP contribution < -0.4 is 0 Å². The van der Waals surface area contributed by atoms with E-state index < -0.39 is 0 Å². The maximum Gasteiger partial charge on any atom is 0.255 e. The summed E-state index contributed by atoms with van der Waals surface area (Å²) in [6.07, 6.45) is 3.49. The largest absolute Gasteiger partial charge is 0.276 e. The van der Waals surface area contributed by atoms with Crippen LogP contribution in [-0.4, -0.2) is 10.5 Å². The van der Waals surface area contributed by atoms with Gasteiger partial charge in [0.2, 0.25) is 0 Å². The van der Waals surface area contributed by atoms with Crippen LogP contribution in [0, 0.1) is 0 Å². The van der Waals surface area contributed by atoms with E-state index in [1.807, 2.05) is 72.8 Å². The molecule has 4 rings (SSSR count). The van der Waals surface area contributed by atoms with Crippen LogP contribution in [0.4, 0.5) is 0 Å². The highest BCUT2D eigenvalue weighted by Gasteiger charge is 2.13. The van der Waals surface area contributed by atoms with Crippen molar-refractivity contribution in [2.45, 2.75) is 0 Å². The van der Waals surface area contributed by atoms with Crippen molar-refractivity contribution >= 4 is 33.8 Å². The lowest BCUT2D eigenvalue weighted by molar-refractivity contribution is 0.0979. The van der Waals surface area contributed by atoms with Crippen molar-refractivity contribution in [2.24, 2.45) is 0 Å². The lowest BCUT2D eigenvalue weighted by Gasteiger charge is -2.02. The number of hydrogen-bond donors (Lipinski definition) is 0. The minimum Gasteiger partial charge on any atom is -0.276 e. The van der Waals surface area contributed by atoms with E-state index in [1.54, 1.807) is 10.6 Å². The molecular formula is C21H15NO. The van der Waals surface area contributed by atoms with Crippen molar-refractivity contribution in [3.8, 4) is 0 Å². The molecule has 2 nitrogen and oxygen atoms in total. The zero-order valence-corrected chi connectivity index (χ0v) is 12.5. The van der Waals surface area contributed by atoms with Gasteiger partial charge in [-0.2, -0.15) is 0 Å². The lowest BCUT2D eigenvalue weighted by Crippen LogP contribution is -2.06. The number of carbonyl (C=O) groups excluding carboxylic acids is 1. The van der Waals surface area contributed by atoms with Crippen molar-refractivity contribution in [1.82, 2.24) is 4.57 Å². The summed E-state index contributed by atoms with van der Waals surface area (Å²) >= 11 is 0. The molecule has 0 spiro atoms. The normalized spacial score (nSPS) is 11.5. The number of para-hydroxylation sites is 2. The van der Waals surface area contributed by atoms with E-state index >= 15 is 0 Å². The van der Waals surface area contributed by atoms with Crippen LogP contribution in [0.15, 0.2) is 84.9 Å². The van der Waals surface area contributed by atoms with Gasteiger partial charge in [-0.3, -0.25) is 9.36 Å². The first-order valence-electron chi connectivity index (χ1n) is 7.60. The summed E-state index contributed by atoms with van der Waals surface area (Å²) in [6.45, 7) is 0. The monoisotopic (exact) mass is 297 g/mol. The number of aromatic nitrogens is 1. The van der Waals surface area contributed by atoms with Crippen molar-refractivity contribution in [1.29, 1.82) is 0 Å². The third-order valence-electron chi connectivity index (χ3n) is 4.02. The minimum absolute atomic E-state index is 0.0359. The summed E-state index contributed by atoms with van der Waals surface area (Å²) in [5.74, 6) is -0.0359. The standard InChI is InChI=1S/C21H15NO/c23-21(15-14-16-8-2-1-3-9-16)22-19-12-6-4-10-17(19)18-11-5-7-13-20(18)22/h1-15H/b15-14+. The van der Waals surface area contributed by atoms with Crippen LogP contribution in [0.3, 0.4) is 0 Å². The molecule has 0 amide bonds. The van der Waals surface area contributed by atoms with Crippen LogP contribution in [0.5, 0.6) is 0 Å². The highest BCUT2D eigenvalue weighted by Crippen LogP contribution is 2.28. The quantitative estimate of drug-likeness (QED) is 0.469. The highest BCUT2D eigenvalue weighted by atomic mass is 16.1. The van der Waals surface area contributed by atoms with Gasteiger partial charge in [0.1, 0.15) is 0 Å². The fraction of sp³-hybridized carbons (Fsp3) is 0. The smallest absolute Gasteiger partial charge is 0.255 e. The van der Waals surface area contributed by atoms with E-state index in [0.717, 1.165) is 27.4 Å². The van der Waals surface area contributed by atoms with Gasteiger partial charge in [-0.25, -0.2) is 0 Å². The van der Waals surface area contributed by atoms with E-state index in [2.05, 4.69) is 12.1 Å². The Morgan fingerprint density at radius 2 is 1.22 bits per heavy atom. The molecule has 1 aromatic heterocycles. The molecule has 0 saturated heterocycles. The Labute approximate surface area is 134 Å². The van der Waals surface area contributed by atoms with Crippen molar-refractivity contribution < 1.29 is 4.79 Å². The van der Waals surface area contributed by atoms with Crippen LogP contribution in [0.2, 0.25) is 0 Å². The number of fused-ring (bicyclic) bond motifs is 3. The molecule has 0 unspecified atom stereocenters. The molecule has 4 aromatic rings. The number of nitrogens with zero attached hydrogens (tertiary/aromatic N) is 1. The molecule has 0 saturated carbocycles. The molecule has 2 heteroatoms. The molecule has 0 radical (unpaired) electrons. The lowest BCUT2D eigenvalue weighted by atomic mass is 10.2. The van der Waals surface area contributed by atoms with Gasteiger partial charge in [-0.1, -0.05) is 66.7 Å². The molecular weight excluding hydrogens is 282 g/mol. The number of rotatable bonds is 2. The number of benzene rings is 3. The van der Waals surface area contributed by atoms with Gasteiger partial charge in [0, 0.05) is 16.8 Å². The molecule has 0 aliphatic rings. The van der Waals surface area contributed by atoms with Gasteiger partial charge in [-0.05, 0) is 23.8 Å². The Morgan fingerprint density at radius 3 is 1.83 bits per heavy atom. The van der Waals surface area contributed by atoms with Gasteiger partial charge < -0.3 is 0 Å². The Balaban J connectivity index is 1.87. The second-order valence-corrected chi connectivity index (χ2v) is 5.45. The molecule has 0 atom stereocenters. The summed E-state index contributed by atoms with van der Waals surface area (Å²) in [7, 11) is 0. The summed E-state index contributed by atoms with van der Waals surface area (Å²) in [5.41, 5.74) is 2.90. The Morgan fingerprint density at radius 1 is 0.696 bits per heavy atom. The average Bonchev–Trinajstić information content (AvgIpc) is 2.95. The molecule has 1 heterocycles. The SMILES string of the molecule is O=C(/C=C/c1ccccc1)n1c2ccccc2c2ccccc21. The molecule has 23 heavy (non-hydrogen) atoms. The first-order valence-corrected chi connectivity index (χ1v) is 7.60. The maximum atomic E-state index is 12.8. The predicted molar refractivity (Wildman–Crippen MR) is 95.5 cm³/mol. The molecule has 0 N–H and O–H groups in total. The van der Waals surface area contributed by atoms with E-state index in [4.69, 9.17) is 0 Å². The highest BCUT2D eigenvalue weighted by molar-refractivity contribution is 6.15. The Kier molecular flexibility index (Phi) is 3.28. The summed E-state index contributed by atoms with van der Waals surface area (Å²) < 4.78 is 1.78. The van der Waals surface area contributed by atoms with E-state index in [-0.39, 0.29) is 5.91 Å². The fourth-order valence-corrected chi connectivity index (χ4v) is 2.97. The zero-order chi connectivity index (χ0) is 15.6. The first-order chi connectivity index (χ1) is 11.3. The second kappa shape index (κ2) is 5.58. The Bertz CT molecular complexity index is 972. The van der Waals surface area contributed by atoms with Crippen LogP contribution in [-0.2, 0) is 0 Å². The molecule has 3 aromatic carbocycles. The Hall–Kier alpha value is -3.13. The number of allylic oxidation sites excluding steroid dienone is 1. The maximum absolute atomic E-state index is 12.8. The van der Waals surface area contributed by atoms with E-state index in [0.29, 0.717) is 0 Å². The summed E-state index contributed by atoms with van der Waals surface area (Å²) in [6, 6.07) is 25.9. The number of hydrogen-bond acceptors (Lipinski definition) is 1. The predicted octanol–water partition coefficient (Wildman–Crippen LogP) is 5.15. The third kappa shape index (κ3) is 2.34. The zero-order valence-electron chi connectivity index (χ0n) is 12.5. The first kappa shape index (κ1) is 13.5. The molecule has 0 aliphatic carbocycles. The van der Waals surface area contributed by atoms with Crippen molar-refractivity contribution in [3.63, 3.8) is 0 Å². The topological polar surface area (TPSA) is 22.0 Å². The van der Waals surface area contributed by atoms with Crippen molar-refractivity contribution in [3.05, 3.63) is 90.5 Å². The summed E-state index contributed by atoms with van der Waals surface area (Å²) in [5, 5.41) is 2.20. The van der Waals surface area contributed by atoms with Crippen molar-refractivity contribution in [2.75, 3.05) is 0 Å². The molecule has 0 aliphatic heterocycles. The van der Waals surface area contributed by atoms with Gasteiger partial charge in [0.15, 0.2) is 0 Å². The molecule has 0 bridgehead atoms. The molecule has 110 valence electrons. The fourth-order valence-electron chi connectivity index (χ4n) is 2.97. The van der Waals surface area contributed by atoms with Gasteiger partial charge in [0.25, 0.3) is 5.91 Å². The number of carbonyl (C=O) groups is 1. The van der Waals surface area contributed by atoms with Crippen LogP contribution in [0.1, 0.15) is 10.4 Å². The van der Waals surface area contributed by atoms with Crippen LogP contribution >= 0.6 is 0 Å². The third-order valence-corrected chi connectivity index (χ3v) is 4.02. The second-order valence-electron chi connectivity index (χ2n) is 5.45. The van der Waals surface area contributed by atoms with E-state index in [1.165, 1.54) is 0 Å². The van der Waals surface area contributed by atoms with Gasteiger partial charge in [-0.15, -0.1) is 0 Å². The average molecular weight is 297 g/mol. The van der Waals surface area contributed by atoms with E-state index in [9.17, 15) is 4.79 Å². The van der Waals surface area contributed by atoms with Gasteiger partial charge >= 0.3 is 0 Å². The van der Waals surface area contributed by atoms with Crippen LogP contribution in [0.25, 0.3) is 27.9 Å².